The number of hydrogen-bond acceptors (Lipinski definition) is 5. The molecule has 0 amide bonds. The van der Waals surface area contributed by atoms with Gasteiger partial charge in [0.1, 0.15) is 0 Å². The molecule has 1 aliphatic heterocycles. The molecule has 3 heterocycles. The molecule has 2 atom stereocenters. The highest BCUT2D eigenvalue weighted by molar-refractivity contribution is 5.35. The van der Waals surface area contributed by atoms with Gasteiger partial charge >= 0.3 is 0 Å². The Bertz CT molecular complexity index is 632. The van der Waals surface area contributed by atoms with Crippen LogP contribution in [0.15, 0.2) is 30.6 Å². The molecule has 0 aliphatic carbocycles. The molecule has 0 bridgehead atoms. The summed E-state index contributed by atoms with van der Waals surface area (Å²) in [5.74, 6) is 0.898. The van der Waals surface area contributed by atoms with E-state index in [1.807, 2.05) is 31.3 Å². The van der Waals surface area contributed by atoms with Crippen molar-refractivity contribution in [2.24, 2.45) is 5.92 Å². The van der Waals surface area contributed by atoms with Crippen LogP contribution in [0.25, 0.3) is 0 Å². The lowest BCUT2D eigenvalue weighted by Gasteiger charge is -2.17. The van der Waals surface area contributed by atoms with Gasteiger partial charge in [-0.25, -0.2) is 9.97 Å². The molecule has 0 saturated carbocycles. The van der Waals surface area contributed by atoms with Gasteiger partial charge in [0.05, 0.1) is 6.10 Å². The Kier molecular flexibility index (Phi) is 4.34. The third kappa shape index (κ3) is 3.09. The van der Waals surface area contributed by atoms with Gasteiger partial charge in [0.25, 0.3) is 0 Å². The quantitative estimate of drug-likeness (QED) is 0.932. The van der Waals surface area contributed by atoms with Crippen LogP contribution in [-0.2, 0) is 12.8 Å². The first-order chi connectivity index (χ1) is 10.7. The predicted octanol–water partition coefficient (Wildman–Crippen LogP) is 1.78. The number of rotatable bonds is 4. The first-order valence-corrected chi connectivity index (χ1v) is 7.82. The van der Waals surface area contributed by atoms with Crippen molar-refractivity contribution in [1.82, 2.24) is 15.0 Å². The van der Waals surface area contributed by atoms with E-state index in [1.54, 1.807) is 6.20 Å². The summed E-state index contributed by atoms with van der Waals surface area (Å²) in [6, 6.07) is 5.90. The fourth-order valence-electron chi connectivity index (χ4n) is 2.98. The van der Waals surface area contributed by atoms with Crippen molar-refractivity contribution >= 4 is 5.95 Å². The molecule has 0 spiro atoms. The zero-order valence-electron chi connectivity index (χ0n) is 13.1. The Morgan fingerprint density at radius 1 is 1.27 bits per heavy atom. The second-order valence-corrected chi connectivity index (χ2v) is 5.91. The van der Waals surface area contributed by atoms with Crippen LogP contribution in [0.3, 0.4) is 0 Å². The standard InChI is InChI=1S/C17H22N4O/c1-3-15-12(2)9-19-17(20-15)21-10-13(16(22)11-21)8-14-6-4-5-7-18-14/h4-7,9,13,16,22H,3,8,10-11H2,1-2H3/t13-,16-/m1/s1. The highest BCUT2D eigenvalue weighted by Crippen LogP contribution is 2.24. The number of aryl methyl sites for hydroxylation is 2. The van der Waals surface area contributed by atoms with E-state index in [-0.39, 0.29) is 12.0 Å². The zero-order chi connectivity index (χ0) is 15.5. The smallest absolute Gasteiger partial charge is 0.225 e. The van der Waals surface area contributed by atoms with E-state index in [2.05, 4.69) is 26.8 Å². The molecule has 1 saturated heterocycles. The molecule has 0 unspecified atom stereocenters. The van der Waals surface area contributed by atoms with Gasteiger partial charge in [-0.05, 0) is 37.5 Å². The maximum atomic E-state index is 10.3. The third-order valence-electron chi connectivity index (χ3n) is 4.29. The lowest BCUT2D eigenvalue weighted by Crippen LogP contribution is -2.23. The molecule has 1 aliphatic rings. The van der Waals surface area contributed by atoms with Gasteiger partial charge in [0, 0.05) is 42.8 Å². The number of anilines is 1. The van der Waals surface area contributed by atoms with Gasteiger partial charge in [-0.15, -0.1) is 0 Å². The first kappa shape index (κ1) is 14.9. The number of aromatic nitrogens is 3. The third-order valence-corrected chi connectivity index (χ3v) is 4.29. The number of nitrogens with zero attached hydrogens (tertiary/aromatic N) is 4. The summed E-state index contributed by atoms with van der Waals surface area (Å²) < 4.78 is 0. The summed E-state index contributed by atoms with van der Waals surface area (Å²) in [6.07, 6.45) is 4.99. The van der Waals surface area contributed by atoms with Crippen molar-refractivity contribution < 1.29 is 5.11 Å². The van der Waals surface area contributed by atoms with Crippen molar-refractivity contribution in [3.05, 3.63) is 47.5 Å². The van der Waals surface area contributed by atoms with Crippen LogP contribution in [0.1, 0.15) is 23.9 Å². The maximum Gasteiger partial charge on any atom is 0.225 e. The summed E-state index contributed by atoms with van der Waals surface area (Å²) >= 11 is 0. The van der Waals surface area contributed by atoms with Gasteiger partial charge in [0.15, 0.2) is 0 Å². The molecule has 5 heteroatoms. The normalized spacial score (nSPS) is 21.3. The highest BCUT2D eigenvalue weighted by Gasteiger charge is 2.33. The van der Waals surface area contributed by atoms with Crippen molar-refractivity contribution in [3.8, 4) is 0 Å². The molecule has 2 aromatic rings. The van der Waals surface area contributed by atoms with Crippen LogP contribution in [0.2, 0.25) is 0 Å². The predicted molar refractivity (Wildman–Crippen MR) is 85.8 cm³/mol. The van der Waals surface area contributed by atoms with E-state index in [0.29, 0.717) is 6.54 Å². The number of pyridine rings is 1. The van der Waals surface area contributed by atoms with E-state index in [1.165, 1.54) is 0 Å². The maximum absolute atomic E-state index is 10.3. The first-order valence-electron chi connectivity index (χ1n) is 7.82. The van der Waals surface area contributed by atoms with Crippen LogP contribution in [0.4, 0.5) is 5.95 Å². The van der Waals surface area contributed by atoms with Crippen LogP contribution in [0.5, 0.6) is 0 Å². The van der Waals surface area contributed by atoms with E-state index < -0.39 is 0 Å². The minimum Gasteiger partial charge on any atom is -0.391 e. The minimum atomic E-state index is -0.364. The zero-order valence-corrected chi connectivity index (χ0v) is 13.1. The Labute approximate surface area is 131 Å². The fraction of sp³-hybridized carbons (Fsp3) is 0.471. The molecule has 0 radical (unpaired) electrons. The summed E-state index contributed by atoms with van der Waals surface area (Å²) in [4.78, 5) is 15.5. The molecule has 2 aromatic heterocycles. The fourth-order valence-corrected chi connectivity index (χ4v) is 2.98. The lowest BCUT2D eigenvalue weighted by atomic mass is 10.00. The molecule has 116 valence electrons. The number of hydrogen-bond donors (Lipinski definition) is 1. The summed E-state index contributed by atoms with van der Waals surface area (Å²) in [5, 5.41) is 10.3. The molecule has 0 aromatic carbocycles. The van der Waals surface area contributed by atoms with Crippen molar-refractivity contribution in [2.75, 3.05) is 18.0 Å². The number of β-amino-alcohol motifs (C(OH)–C–C–N with tert-alkyl or cyclic N) is 1. The molecular formula is C17H22N4O. The van der Waals surface area contributed by atoms with E-state index in [9.17, 15) is 5.11 Å². The summed E-state index contributed by atoms with van der Waals surface area (Å²) in [7, 11) is 0. The Morgan fingerprint density at radius 2 is 2.14 bits per heavy atom. The van der Waals surface area contributed by atoms with Crippen LogP contribution >= 0.6 is 0 Å². The van der Waals surface area contributed by atoms with E-state index in [0.717, 1.165) is 42.3 Å². The Morgan fingerprint density at radius 3 is 2.86 bits per heavy atom. The monoisotopic (exact) mass is 298 g/mol. The van der Waals surface area contributed by atoms with Crippen LogP contribution in [0, 0.1) is 12.8 Å². The topological polar surface area (TPSA) is 62.1 Å². The second-order valence-electron chi connectivity index (χ2n) is 5.91. The largest absolute Gasteiger partial charge is 0.391 e. The van der Waals surface area contributed by atoms with Gasteiger partial charge in [-0.3, -0.25) is 4.98 Å². The average molecular weight is 298 g/mol. The van der Waals surface area contributed by atoms with E-state index in [4.69, 9.17) is 0 Å². The second kappa shape index (κ2) is 6.40. The molecule has 5 nitrogen and oxygen atoms in total. The lowest BCUT2D eigenvalue weighted by molar-refractivity contribution is 0.148. The van der Waals surface area contributed by atoms with Crippen molar-refractivity contribution in [1.29, 1.82) is 0 Å². The molecular weight excluding hydrogens is 276 g/mol. The van der Waals surface area contributed by atoms with Gasteiger partial charge in [-0.1, -0.05) is 13.0 Å². The number of aliphatic hydroxyl groups excluding tert-OH is 1. The van der Waals surface area contributed by atoms with Crippen molar-refractivity contribution in [3.63, 3.8) is 0 Å². The van der Waals surface area contributed by atoms with Crippen LogP contribution < -0.4 is 4.90 Å². The molecule has 3 rings (SSSR count). The van der Waals surface area contributed by atoms with Gasteiger partial charge < -0.3 is 10.0 Å². The van der Waals surface area contributed by atoms with Gasteiger partial charge in [0.2, 0.25) is 5.95 Å². The molecule has 1 N–H and O–H groups in total. The summed E-state index contributed by atoms with van der Waals surface area (Å²) in [6.45, 7) is 5.49. The average Bonchev–Trinajstić information content (AvgIpc) is 2.90. The SMILES string of the molecule is CCc1nc(N2C[C@@H](Cc3ccccn3)[C@H](O)C2)ncc1C. The highest BCUT2D eigenvalue weighted by atomic mass is 16.3. The number of aliphatic hydroxyl groups is 1. The minimum absolute atomic E-state index is 0.171. The van der Waals surface area contributed by atoms with Gasteiger partial charge in [-0.2, -0.15) is 0 Å². The molecule has 22 heavy (non-hydrogen) atoms. The van der Waals surface area contributed by atoms with Crippen LogP contribution in [-0.4, -0.2) is 39.3 Å². The Balaban J connectivity index is 1.73. The molecule has 1 fully saturated rings. The Hall–Kier alpha value is -2.01. The van der Waals surface area contributed by atoms with Crippen molar-refractivity contribution in [2.45, 2.75) is 32.8 Å². The summed E-state index contributed by atoms with van der Waals surface area (Å²) in [5.41, 5.74) is 3.22. The van der Waals surface area contributed by atoms with E-state index >= 15 is 0 Å².